The van der Waals surface area contributed by atoms with E-state index in [2.05, 4.69) is 31.2 Å². The summed E-state index contributed by atoms with van der Waals surface area (Å²) < 4.78 is 5.13. The molecule has 1 fully saturated rings. The van der Waals surface area contributed by atoms with Crippen LogP contribution in [0.25, 0.3) is 0 Å². The van der Waals surface area contributed by atoms with Crippen LogP contribution < -0.4 is 0 Å². The summed E-state index contributed by atoms with van der Waals surface area (Å²) in [5.74, 6) is -0.667. The van der Waals surface area contributed by atoms with Crippen LogP contribution in [-0.4, -0.2) is 29.0 Å². The van der Waals surface area contributed by atoms with E-state index in [0.29, 0.717) is 13.0 Å². The zero-order valence-corrected chi connectivity index (χ0v) is 12.9. The number of hydrogen-bond acceptors (Lipinski definition) is 4. The fourth-order valence-corrected chi connectivity index (χ4v) is 3.97. The van der Waals surface area contributed by atoms with Gasteiger partial charge >= 0.3 is 5.97 Å². The third-order valence-electron chi connectivity index (χ3n) is 3.67. The molecule has 0 bridgehead atoms. The van der Waals surface area contributed by atoms with E-state index in [1.54, 1.807) is 18.7 Å². The third-order valence-corrected chi connectivity index (χ3v) is 5.05. The number of aliphatic hydroxyl groups is 1. The molecule has 0 aromatic heterocycles. The Morgan fingerprint density at radius 2 is 2.05 bits per heavy atom. The first-order chi connectivity index (χ1) is 9.61. The molecule has 0 saturated heterocycles. The molecule has 1 aliphatic carbocycles. The fourth-order valence-electron chi connectivity index (χ4n) is 2.61. The number of ether oxygens (including phenoxy) is 1. The monoisotopic (exact) mass is 294 g/mol. The molecular formula is C16H22O3S. The molecule has 1 aromatic rings. The summed E-state index contributed by atoms with van der Waals surface area (Å²) in [5, 5.41) is 10.2. The predicted molar refractivity (Wildman–Crippen MR) is 80.8 cm³/mol. The summed E-state index contributed by atoms with van der Waals surface area (Å²) in [6, 6.07) is 8.29. The second-order valence-electron chi connectivity index (χ2n) is 5.25. The Morgan fingerprint density at radius 1 is 1.35 bits per heavy atom. The van der Waals surface area contributed by atoms with Crippen LogP contribution in [0.4, 0.5) is 0 Å². The van der Waals surface area contributed by atoms with Gasteiger partial charge in [-0.25, -0.2) is 0 Å². The van der Waals surface area contributed by atoms with Crippen LogP contribution in [0.1, 0.15) is 31.7 Å². The van der Waals surface area contributed by atoms with Gasteiger partial charge in [0.1, 0.15) is 0 Å². The number of hydrogen-bond donors (Lipinski definition) is 1. The minimum atomic E-state index is -0.578. The van der Waals surface area contributed by atoms with E-state index in [9.17, 15) is 9.90 Å². The summed E-state index contributed by atoms with van der Waals surface area (Å²) >= 11 is 1.68. The van der Waals surface area contributed by atoms with Gasteiger partial charge in [0.25, 0.3) is 0 Å². The van der Waals surface area contributed by atoms with Crippen molar-refractivity contribution in [2.24, 2.45) is 5.92 Å². The summed E-state index contributed by atoms with van der Waals surface area (Å²) in [4.78, 5) is 13.2. The molecule has 0 heterocycles. The Bertz CT molecular complexity index is 444. The van der Waals surface area contributed by atoms with Crippen molar-refractivity contribution >= 4 is 17.7 Å². The molecule has 0 radical (unpaired) electrons. The molecule has 1 N–H and O–H groups in total. The highest BCUT2D eigenvalue weighted by Crippen LogP contribution is 2.38. The Morgan fingerprint density at radius 3 is 2.70 bits per heavy atom. The van der Waals surface area contributed by atoms with E-state index in [1.807, 2.05) is 0 Å². The van der Waals surface area contributed by atoms with Gasteiger partial charge in [-0.15, -0.1) is 11.8 Å². The van der Waals surface area contributed by atoms with Crippen LogP contribution in [0, 0.1) is 12.8 Å². The number of aryl methyl sites for hydroxylation is 1. The normalized spacial score (nSPS) is 26.2. The lowest BCUT2D eigenvalue weighted by Gasteiger charge is -2.33. The van der Waals surface area contributed by atoms with Crippen LogP contribution in [0.15, 0.2) is 29.2 Å². The summed E-state index contributed by atoms with van der Waals surface area (Å²) in [6.07, 6.45) is 2.01. The van der Waals surface area contributed by atoms with Crippen molar-refractivity contribution in [1.82, 2.24) is 0 Å². The first kappa shape index (κ1) is 15.4. The lowest BCUT2D eigenvalue weighted by atomic mass is 9.86. The van der Waals surface area contributed by atoms with Gasteiger partial charge in [0.05, 0.1) is 18.6 Å². The van der Waals surface area contributed by atoms with Crippen LogP contribution in [0.3, 0.4) is 0 Å². The number of carbonyl (C=O) groups is 1. The zero-order chi connectivity index (χ0) is 14.5. The number of rotatable bonds is 4. The molecule has 0 unspecified atom stereocenters. The highest BCUT2D eigenvalue weighted by molar-refractivity contribution is 8.00. The van der Waals surface area contributed by atoms with Crippen LogP contribution in [0.2, 0.25) is 0 Å². The molecule has 2 rings (SSSR count). The minimum absolute atomic E-state index is 0.0977. The SMILES string of the molecule is CCOC(=O)[C@@H]1[C@H](O)CCC[C@@H]1Sc1ccc(C)cc1. The highest BCUT2D eigenvalue weighted by atomic mass is 32.2. The van der Waals surface area contributed by atoms with Gasteiger partial charge in [0.15, 0.2) is 0 Å². The van der Waals surface area contributed by atoms with Crippen molar-refractivity contribution in [2.75, 3.05) is 6.61 Å². The van der Waals surface area contributed by atoms with Gasteiger partial charge in [0, 0.05) is 10.1 Å². The van der Waals surface area contributed by atoms with Gasteiger partial charge in [-0.05, 0) is 45.2 Å². The molecule has 3 atom stereocenters. The number of aliphatic hydroxyl groups excluding tert-OH is 1. The molecule has 1 aliphatic rings. The second-order valence-corrected chi connectivity index (χ2v) is 6.56. The lowest BCUT2D eigenvalue weighted by Crippen LogP contribution is -2.41. The largest absolute Gasteiger partial charge is 0.466 e. The maximum absolute atomic E-state index is 12.1. The molecule has 0 aliphatic heterocycles. The Hall–Kier alpha value is -1.00. The van der Waals surface area contributed by atoms with Crippen LogP contribution in [-0.2, 0) is 9.53 Å². The topological polar surface area (TPSA) is 46.5 Å². The van der Waals surface area contributed by atoms with Crippen LogP contribution in [0.5, 0.6) is 0 Å². The van der Waals surface area contributed by atoms with Gasteiger partial charge in [-0.3, -0.25) is 4.79 Å². The van der Waals surface area contributed by atoms with Crippen molar-refractivity contribution in [3.8, 4) is 0 Å². The first-order valence-corrected chi connectivity index (χ1v) is 8.07. The second kappa shape index (κ2) is 7.14. The number of esters is 1. The molecule has 0 spiro atoms. The van der Waals surface area contributed by atoms with E-state index >= 15 is 0 Å². The molecule has 0 amide bonds. The molecule has 110 valence electrons. The van der Waals surface area contributed by atoms with Crippen molar-refractivity contribution in [3.63, 3.8) is 0 Å². The quantitative estimate of drug-likeness (QED) is 0.866. The number of carbonyl (C=O) groups excluding carboxylic acids is 1. The molecule has 1 aromatic carbocycles. The number of thioether (sulfide) groups is 1. The average molecular weight is 294 g/mol. The smallest absolute Gasteiger partial charge is 0.312 e. The van der Waals surface area contributed by atoms with Crippen molar-refractivity contribution < 1.29 is 14.6 Å². The first-order valence-electron chi connectivity index (χ1n) is 7.20. The van der Waals surface area contributed by atoms with E-state index in [-0.39, 0.29) is 11.2 Å². The van der Waals surface area contributed by atoms with Crippen molar-refractivity contribution in [2.45, 2.75) is 49.4 Å². The van der Waals surface area contributed by atoms with E-state index in [4.69, 9.17) is 4.74 Å². The van der Waals surface area contributed by atoms with Gasteiger partial charge < -0.3 is 9.84 Å². The van der Waals surface area contributed by atoms with Gasteiger partial charge in [0.2, 0.25) is 0 Å². The fraction of sp³-hybridized carbons (Fsp3) is 0.562. The number of benzene rings is 1. The summed E-state index contributed by atoms with van der Waals surface area (Å²) in [6.45, 7) is 4.22. The maximum atomic E-state index is 12.1. The van der Waals surface area contributed by atoms with Gasteiger partial charge in [-0.1, -0.05) is 17.7 Å². The van der Waals surface area contributed by atoms with E-state index < -0.39 is 12.0 Å². The molecular weight excluding hydrogens is 272 g/mol. The maximum Gasteiger partial charge on any atom is 0.312 e. The molecule has 20 heavy (non-hydrogen) atoms. The minimum Gasteiger partial charge on any atom is -0.466 e. The Balaban J connectivity index is 2.10. The van der Waals surface area contributed by atoms with E-state index in [0.717, 1.165) is 17.7 Å². The third kappa shape index (κ3) is 3.76. The van der Waals surface area contributed by atoms with Crippen LogP contribution >= 0.6 is 11.8 Å². The zero-order valence-electron chi connectivity index (χ0n) is 12.0. The predicted octanol–water partition coefficient (Wildman–Crippen LogP) is 3.18. The Kier molecular flexibility index (Phi) is 5.49. The standard InChI is InChI=1S/C16H22O3S/c1-3-19-16(18)15-13(17)5-4-6-14(15)20-12-9-7-11(2)8-10-12/h7-10,13-15,17H,3-6H2,1-2H3/t13-,14+,15-/m1/s1. The van der Waals surface area contributed by atoms with E-state index in [1.165, 1.54) is 5.56 Å². The van der Waals surface area contributed by atoms with Crippen molar-refractivity contribution in [3.05, 3.63) is 29.8 Å². The molecule has 4 heteroatoms. The average Bonchev–Trinajstić information content (AvgIpc) is 2.42. The van der Waals surface area contributed by atoms with Crippen molar-refractivity contribution in [1.29, 1.82) is 0 Å². The molecule has 3 nitrogen and oxygen atoms in total. The summed E-state index contributed by atoms with van der Waals surface area (Å²) in [5.41, 5.74) is 1.22. The summed E-state index contributed by atoms with van der Waals surface area (Å²) in [7, 11) is 0. The lowest BCUT2D eigenvalue weighted by molar-refractivity contribution is -0.153. The molecule has 1 saturated carbocycles. The highest BCUT2D eigenvalue weighted by Gasteiger charge is 2.39. The van der Waals surface area contributed by atoms with Gasteiger partial charge in [-0.2, -0.15) is 0 Å². The Labute approximate surface area is 124 Å².